The number of likely N-dealkylation sites (tertiary alicyclic amines) is 1. The van der Waals surface area contributed by atoms with Crippen LogP contribution in [0.2, 0.25) is 0 Å². The van der Waals surface area contributed by atoms with Crippen LogP contribution in [-0.4, -0.2) is 74.3 Å². The summed E-state index contributed by atoms with van der Waals surface area (Å²) in [5, 5.41) is 9.68. The third kappa shape index (κ3) is 4.54. The van der Waals surface area contributed by atoms with Gasteiger partial charge in [-0.25, -0.2) is 12.7 Å². The summed E-state index contributed by atoms with van der Waals surface area (Å²) in [5.74, 6) is 0.0806. The van der Waals surface area contributed by atoms with Crippen LogP contribution in [0.25, 0.3) is 0 Å². The van der Waals surface area contributed by atoms with E-state index in [1.54, 1.807) is 4.31 Å². The van der Waals surface area contributed by atoms with Crippen molar-refractivity contribution in [1.29, 1.82) is 0 Å². The summed E-state index contributed by atoms with van der Waals surface area (Å²) in [6.07, 6.45) is 3.62. The molecule has 3 aliphatic rings. The van der Waals surface area contributed by atoms with Gasteiger partial charge in [-0.2, -0.15) is 0 Å². The Balaban J connectivity index is 1.29. The SMILES string of the molecule is O=S(=O)(Cc1ccccc1)N1CCC2(CC1)COC(CN1CCC(O)C1)C2. The van der Waals surface area contributed by atoms with Gasteiger partial charge in [-0.1, -0.05) is 30.3 Å². The van der Waals surface area contributed by atoms with E-state index in [2.05, 4.69) is 4.90 Å². The predicted molar refractivity (Wildman–Crippen MR) is 104 cm³/mol. The van der Waals surface area contributed by atoms with Gasteiger partial charge in [0.1, 0.15) is 0 Å². The van der Waals surface area contributed by atoms with Crippen LogP contribution in [0.4, 0.5) is 0 Å². The first kappa shape index (κ1) is 19.3. The normalized spacial score (nSPS) is 29.5. The zero-order valence-corrected chi connectivity index (χ0v) is 16.6. The molecule has 4 rings (SSSR count). The van der Waals surface area contributed by atoms with E-state index >= 15 is 0 Å². The summed E-state index contributed by atoms with van der Waals surface area (Å²) in [6, 6.07) is 9.40. The summed E-state index contributed by atoms with van der Waals surface area (Å²) in [4.78, 5) is 2.29. The molecule has 1 aromatic rings. The number of ether oxygens (including phenoxy) is 1. The lowest BCUT2D eigenvalue weighted by molar-refractivity contribution is 0.0598. The lowest BCUT2D eigenvalue weighted by Gasteiger charge is -2.37. The molecule has 3 fully saturated rings. The molecule has 3 saturated heterocycles. The molecule has 0 aliphatic carbocycles. The monoisotopic (exact) mass is 394 g/mol. The average Bonchev–Trinajstić information content (AvgIpc) is 3.22. The Bertz CT molecular complexity index is 732. The second-order valence-electron chi connectivity index (χ2n) is 8.48. The van der Waals surface area contributed by atoms with Gasteiger partial charge in [0, 0.05) is 32.7 Å². The van der Waals surface area contributed by atoms with Crippen molar-refractivity contribution in [2.45, 2.75) is 43.6 Å². The first-order chi connectivity index (χ1) is 12.9. The third-order valence-corrected chi connectivity index (χ3v) is 8.21. The molecule has 0 radical (unpaired) electrons. The van der Waals surface area contributed by atoms with E-state index in [-0.39, 0.29) is 23.4 Å². The van der Waals surface area contributed by atoms with E-state index in [0.717, 1.165) is 57.5 Å². The molecule has 2 unspecified atom stereocenters. The molecular formula is C20H30N2O4S. The Kier molecular flexibility index (Phi) is 5.58. The Morgan fingerprint density at radius 1 is 1.15 bits per heavy atom. The van der Waals surface area contributed by atoms with Crippen LogP contribution in [0.1, 0.15) is 31.2 Å². The molecule has 2 atom stereocenters. The molecular weight excluding hydrogens is 364 g/mol. The molecule has 0 bridgehead atoms. The van der Waals surface area contributed by atoms with Crippen molar-refractivity contribution in [3.8, 4) is 0 Å². The van der Waals surface area contributed by atoms with Crippen LogP contribution in [0.3, 0.4) is 0 Å². The predicted octanol–water partition coefficient (Wildman–Crippen LogP) is 1.45. The number of aliphatic hydroxyl groups is 1. The quantitative estimate of drug-likeness (QED) is 0.819. The van der Waals surface area contributed by atoms with Crippen LogP contribution in [0, 0.1) is 5.41 Å². The Morgan fingerprint density at radius 3 is 2.56 bits per heavy atom. The average molecular weight is 395 g/mol. The second kappa shape index (κ2) is 7.79. The fourth-order valence-electron chi connectivity index (χ4n) is 4.74. The third-order valence-electron chi connectivity index (χ3n) is 6.36. The van der Waals surface area contributed by atoms with Crippen molar-refractivity contribution < 1.29 is 18.3 Å². The fraction of sp³-hybridized carbons (Fsp3) is 0.700. The molecule has 0 saturated carbocycles. The molecule has 6 nitrogen and oxygen atoms in total. The highest BCUT2D eigenvalue weighted by Gasteiger charge is 2.44. The highest BCUT2D eigenvalue weighted by Crippen LogP contribution is 2.42. The molecule has 1 spiro atoms. The molecule has 150 valence electrons. The standard InChI is InChI=1S/C20H30N2O4S/c23-18-6-9-21(13-18)14-19-12-20(16-26-19)7-10-22(11-8-20)27(24,25)15-17-4-2-1-3-5-17/h1-5,18-19,23H,6-16H2. The van der Waals surface area contributed by atoms with E-state index in [1.165, 1.54) is 0 Å². The van der Waals surface area contributed by atoms with E-state index < -0.39 is 10.0 Å². The maximum absolute atomic E-state index is 12.7. The Labute approximate surface area is 162 Å². The molecule has 0 amide bonds. The number of benzene rings is 1. The van der Waals surface area contributed by atoms with E-state index in [1.807, 2.05) is 30.3 Å². The number of β-amino-alcohol motifs (C(OH)–C–C–N with tert-alkyl or cyclic N) is 1. The molecule has 3 heterocycles. The van der Waals surface area contributed by atoms with Gasteiger partial charge in [0.2, 0.25) is 10.0 Å². The number of aliphatic hydroxyl groups excluding tert-OH is 1. The van der Waals surface area contributed by atoms with Crippen LogP contribution in [-0.2, 0) is 20.5 Å². The maximum atomic E-state index is 12.7. The van der Waals surface area contributed by atoms with Crippen molar-refractivity contribution in [1.82, 2.24) is 9.21 Å². The molecule has 1 N–H and O–H groups in total. The minimum Gasteiger partial charge on any atom is -0.392 e. The van der Waals surface area contributed by atoms with Crippen LogP contribution in [0.5, 0.6) is 0 Å². The molecule has 3 aliphatic heterocycles. The van der Waals surface area contributed by atoms with Crippen molar-refractivity contribution >= 4 is 10.0 Å². The molecule has 0 aromatic heterocycles. The van der Waals surface area contributed by atoms with Crippen molar-refractivity contribution in [2.75, 3.05) is 39.3 Å². The highest BCUT2D eigenvalue weighted by molar-refractivity contribution is 7.88. The maximum Gasteiger partial charge on any atom is 0.218 e. The second-order valence-corrected chi connectivity index (χ2v) is 10.4. The Morgan fingerprint density at radius 2 is 1.89 bits per heavy atom. The smallest absolute Gasteiger partial charge is 0.218 e. The molecule has 7 heteroatoms. The molecule has 27 heavy (non-hydrogen) atoms. The van der Waals surface area contributed by atoms with Gasteiger partial charge in [-0.15, -0.1) is 0 Å². The molecule has 1 aromatic carbocycles. The number of sulfonamides is 1. The number of rotatable bonds is 5. The summed E-state index contributed by atoms with van der Waals surface area (Å²) in [7, 11) is -3.26. The fourth-order valence-corrected chi connectivity index (χ4v) is 6.28. The number of nitrogens with zero attached hydrogens (tertiary/aromatic N) is 2. The van der Waals surface area contributed by atoms with Crippen molar-refractivity contribution in [3.05, 3.63) is 35.9 Å². The largest absolute Gasteiger partial charge is 0.392 e. The van der Waals surface area contributed by atoms with Gasteiger partial charge in [0.05, 0.1) is 24.6 Å². The topological polar surface area (TPSA) is 70.1 Å². The summed E-state index contributed by atoms with van der Waals surface area (Å²) < 4.78 is 33.2. The number of hydrogen-bond donors (Lipinski definition) is 1. The zero-order valence-electron chi connectivity index (χ0n) is 15.8. The zero-order chi connectivity index (χ0) is 18.9. The Hall–Kier alpha value is -0.990. The van der Waals surface area contributed by atoms with Crippen molar-refractivity contribution in [3.63, 3.8) is 0 Å². The lowest BCUT2D eigenvalue weighted by Crippen LogP contribution is -2.44. The van der Waals surface area contributed by atoms with Gasteiger partial charge in [-0.3, -0.25) is 4.90 Å². The van der Waals surface area contributed by atoms with E-state index in [9.17, 15) is 13.5 Å². The first-order valence-corrected chi connectivity index (χ1v) is 11.6. The van der Waals surface area contributed by atoms with Crippen LogP contribution >= 0.6 is 0 Å². The van der Waals surface area contributed by atoms with E-state index in [0.29, 0.717) is 13.1 Å². The van der Waals surface area contributed by atoms with Crippen molar-refractivity contribution in [2.24, 2.45) is 5.41 Å². The van der Waals surface area contributed by atoms with Gasteiger partial charge >= 0.3 is 0 Å². The highest BCUT2D eigenvalue weighted by atomic mass is 32.2. The summed E-state index contributed by atoms with van der Waals surface area (Å²) in [6.45, 7) is 4.49. The van der Waals surface area contributed by atoms with Crippen LogP contribution < -0.4 is 0 Å². The summed E-state index contributed by atoms with van der Waals surface area (Å²) >= 11 is 0. The number of piperidine rings is 1. The summed E-state index contributed by atoms with van der Waals surface area (Å²) in [5.41, 5.74) is 0.969. The first-order valence-electron chi connectivity index (χ1n) is 9.98. The van der Waals surface area contributed by atoms with Gasteiger partial charge in [0.25, 0.3) is 0 Å². The minimum atomic E-state index is -3.26. The van der Waals surface area contributed by atoms with Crippen LogP contribution in [0.15, 0.2) is 30.3 Å². The lowest BCUT2D eigenvalue weighted by atomic mass is 9.77. The van der Waals surface area contributed by atoms with Gasteiger partial charge < -0.3 is 9.84 Å². The van der Waals surface area contributed by atoms with Gasteiger partial charge in [-0.05, 0) is 36.7 Å². The number of hydrogen-bond acceptors (Lipinski definition) is 5. The minimum absolute atomic E-state index is 0.0806. The van der Waals surface area contributed by atoms with E-state index in [4.69, 9.17) is 4.74 Å². The van der Waals surface area contributed by atoms with Gasteiger partial charge in [0.15, 0.2) is 0 Å².